The second kappa shape index (κ2) is 10.5. The van der Waals surface area contributed by atoms with Gasteiger partial charge in [-0.3, -0.25) is 5.41 Å². The minimum Gasteiger partial charge on any atom is -0.464 e. The predicted octanol–water partition coefficient (Wildman–Crippen LogP) is 7.25. The summed E-state index contributed by atoms with van der Waals surface area (Å²) in [5.74, 6) is -0.550. The summed E-state index contributed by atoms with van der Waals surface area (Å²) in [6.45, 7) is 1.96. The SMILES string of the molecule is Cc1ccc([S@](=O)/C(=C/c2ccccc2)[C@@H](OC(=N)C(Cl)(Cl)Cl)c2ccccc2)cc1. The van der Waals surface area contributed by atoms with Crippen LogP contribution in [0.25, 0.3) is 6.08 Å². The van der Waals surface area contributed by atoms with Crippen molar-refractivity contribution in [3.8, 4) is 0 Å². The molecule has 0 aromatic heterocycles. The first-order valence-electron chi connectivity index (χ1n) is 9.38. The van der Waals surface area contributed by atoms with Crippen LogP contribution in [0.2, 0.25) is 0 Å². The Morgan fingerprint density at radius 2 is 1.48 bits per heavy atom. The molecule has 0 amide bonds. The molecular formula is C24H20Cl3NO2S. The highest BCUT2D eigenvalue weighted by molar-refractivity contribution is 7.89. The van der Waals surface area contributed by atoms with Crippen LogP contribution in [0, 0.1) is 12.3 Å². The largest absolute Gasteiger partial charge is 0.464 e. The van der Waals surface area contributed by atoms with Crippen LogP contribution < -0.4 is 0 Å². The van der Waals surface area contributed by atoms with Crippen molar-refractivity contribution in [3.63, 3.8) is 0 Å². The Labute approximate surface area is 199 Å². The van der Waals surface area contributed by atoms with E-state index < -0.39 is 26.6 Å². The standard InChI is InChI=1S/C24H20Cl3NO2S/c1-17-12-14-20(15-13-17)31(29)21(16-18-8-4-2-5-9-18)22(19-10-6-3-7-11-19)30-23(28)24(25,26)27/h2-16,22,28H,1H3/b21-16+,28-23?/t22-,31-/m0/s1. The van der Waals surface area contributed by atoms with E-state index in [1.165, 1.54) is 0 Å². The van der Waals surface area contributed by atoms with Gasteiger partial charge in [-0.25, -0.2) is 4.21 Å². The molecule has 3 aromatic carbocycles. The third-order valence-corrected chi connectivity index (χ3v) is 6.39. The van der Waals surface area contributed by atoms with Crippen LogP contribution in [0.5, 0.6) is 0 Å². The number of benzene rings is 3. The molecule has 0 radical (unpaired) electrons. The average Bonchev–Trinajstić information content (AvgIpc) is 2.76. The third-order valence-electron chi connectivity index (χ3n) is 4.41. The smallest absolute Gasteiger partial charge is 0.265 e. The zero-order valence-corrected chi connectivity index (χ0v) is 19.7. The maximum Gasteiger partial charge on any atom is 0.265 e. The number of ether oxygens (including phenoxy) is 1. The number of nitrogens with one attached hydrogen (secondary N) is 1. The molecular weight excluding hydrogens is 473 g/mol. The van der Waals surface area contributed by atoms with E-state index in [0.717, 1.165) is 11.1 Å². The van der Waals surface area contributed by atoms with Gasteiger partial charge < -0.3 is 4.74 Å². The van der Waals surface area contributed by atoms with Gasteiger partial charge in [0.15, 0.2) is 6.10 Å². The lowest BCUT2D eigenvalue weighted by Gasteiger charge is -2.25. The lowest BCUT2D eigenvalue weighted by Crippen LogP contribution is -2.25. The molecule has 0 fully saturated rings. The van der Waals surface area contributed by atoms with Crippen LogP contribution >= 0.6 is 34.8 Å². The Morgan fingerprint density at radius 3 is 2.03 bits per heavy atom. The van der Waals surface area contributed by atoms with Crippen LogP contribution in [0.15, 0.2) is 94.7 Å². The molecule has 0 aliphatic carbocycles. The summed E-state index contributed by atoms with van der Waals surface area (Å²) in [5, 5.41) is 8.12. The number of hydrogen-bond donors (Lipinski definition) is 1. The molecule has 0 aliphatic heterocycles. The highest BCUT2D eigenvalue weighted by Gasteiger charge is 2.34. The van der Waals surface area contributed by atoms with Gasteiger partial charge in [-0.15, -0.1) is 0 Å². The minimum absolute atomic E-state index is 0.431. The highest BCUT2D eigenvalue weighted by atomic mass is 35.6. The molecule has 3 aromatic rings. The Kier molecular flexibility index (Phi) is 7.95. The van der Waals surface area contributed by atoms with E-state index in [0.29, 0.717) is 15.4 Å². The van der Waals surface area contributed by atoms with E-state index in [1.807, 2.05) is 91.9 Å². The fourth-order valence-corrected chi connectivity index (χ4v) is 4.25. The Bertz CT molecular complexity index is 1080. The van der Waals surface area contributed by atoms with Crippen molar-refractivity contribution in [2.75, 3.05) is 0 Å². The van der Waals surface area contributed by atoms with Crippen molar-refractivity contribution in [2.45, 2.75) is 21.7 Å². The van der Waals surface area contributed by atoms with Gasteiger partial charge in [0.1, 0.15) is 0 Å². The molecule has 0 saturated carbocycles. The number of hydrogen-bond acceptors (Lipinski definition) is 3. The van der Waals surface area contributed by atoms with Crippen molar-refractivity contribution in [3.05, 3.63) is 107 Å². The Balaban J connectivity index is 2.14. The zero-order valence-electron chi connectivity index (χ0n) is 16.6. The van der Waals surface area contributed by atoms with Crippen molar-refractivity contribution in [1.29, 1.82) is 5.41 Å². The van der Waals surface area contributed by atoms with Crippen LogP contribution in [-0.2, 0) is 15.5 Å². The van der Waals surface area contributed by atoms with Crippen molar-refractivity contribution >= 4 is 57.6 Å². The van der Waals surface area contributed by atoms with E-state index in [4.69, 9.17) is 44.9 Å². The van der Waals surface area contributed by atoms with Gasteiger partial charge in [-0.1, -0.05) is 113 Å². The highest BCUT2D eigenvalue weighted by Crippen LogP contribution is 2.37. The molecule has 0 unspecified atom stereocenters. The molecule has 0 aliphatic rings. The van der Waals surface area contributed by atoms with Crippen molar-refractivity contribution < 1.29 is 8.95 Å². The van der Waals surface area contributed by atoms with Crippen LogP contribution in [0.1, 0.15) is 22.8 Å². The predicted molar refractivity (Wildman–Crippen MR) is 130 cm³/mol. The first-order valence-corrected chi connectivity index (χ1v) is 11.7. The van der Waals surface area contributed by atoms with Crippen LogP contribution in [0.3, 0.4) is 0 Å². The zero-order chi connectivity index (χ0) is 22.4. The summed E-state index contributed by atoms with van der Waals surface area (Å²) in [6, 6.07) is 26.1. The van der Waals surface area contributed by atoms with Crippen LogP contribution in [0.4, 0.5) is 0 Å². The molecule has 3 rings (SSSR count). The number of halogens is 3. The molecule has 0 heterocycles. The normalized spacial score (nSPS) is 14.0. The summed E-state index contributed by atoms with van der Waals surface area (Å²) in [7, 11) is -1.59. The summed E-state index contributed by atoms with van der Waals surface area (Å²) in [6.07, 6.45) is 0.894. The third kappa shape index (κ3) is 6.44. The van der Waals surface area contributed by atoms with Gasteiger partial charge >= 0.3 is 0 Å². The Morgan fingerprint density at radius 1 is 0.935 bits per heavy atom. The lowest BCUT2D eigenvalue weighted by molar-refractivity contribution is 0.230. The van der Waals surface area contributed by atoms with Gasteiger partial charge in [0.05, 0.1) is 15.7 Å². The molecule has 160 valence electrons. The molecule has 0 saturated heterocycles. The molecule has 7 heteroatoms. The van der Waals surface area contributed by atoms with E-state index in [-0.39, 0.29) is 0 Å². The minimum atomic E-state index is -2.05. The van der Waals surface area contributed by atoms with E-state index in [2.05, 4.69) is 0 Å². The Hall–Kier alpha value is -2.11. The molecule has 1 N–H and O–H groups in total. The van der Waals surface area contributed by atoms with Crippen molar-refractivity contribution in [2.24, 2.45) is 0 Å². The fourth-order valence-electron chi connectivity index (χ4n) is 2.84. The second-order valence-electron chi connectivity index (χ2n) is 6.77. The fraction of sp³-hybridized carbons (Fsp3) is 0.125. The summed E-state index contributed by atoms with van der Waals surface area (Å²) in [4.78, 5) is 1.04. The van der Waals surface area contributed by atoms with Gasteiger partial charge in [0.25, 0.3) is 3.79 Å². The number of rotatable bonds is 6. The van der Waals surface area contributed by atoms with Gasteiger partial charge in [0, 0.05) is 4.90 Å². The molecule has 3 nitrogen and oxygen atoms in total. The average molecular weight is 493 g/mol. The maximum absolute atomic E-state index is 13.7. The number of alkyl halides is 3. The molecule has 0 bridgehead atoms. The van der Waals surface area contributed by atoms with E-state index in [1.54, 1.807) is 6.08 Å². The monoisotopic (exact) mass is 491 g/mol. The summed E-state index contributed by atoms with van der Waals surface area (Å²) >= 11 is 17.6. The number of aryl methyl sites for hydroxylation is 1. The van der Waals surface area contributed by atoms with Crippen LogP contribution in [-0.4, -0.2) is 13.9 Å². The van der Waals surface area contributed by atoms with E-state index in [9.17, 15) is 4.21 Å². The molecule has 0 spiro atoms. The summed E-state index contributed by atoms with van der Waals surface area (Å²) in [5.41, 5.74) is 2.58. The first kappa shape index (κ1) is 23.6. The van der Waals surface area contributed by atoms with Crippen molar-refractivity contribution in [1.82, 2.24) is 0 Å². The van der Waals surface area contributed by atoms with Gasteiger partial charge in [-0.05, 0) is 36.3 Å². The lowest BCUT2D eigenvalue weighted by atomic mass is 10.1. The molecule has 2 atom stereocenters. The second-order valence-corrected chi connectivity index (χ2v) is 10.5. The topological polar surface area (TPSA) is 50.2 Å². The van der Waals surface area contributed by atoms with Gasteiger partial charge in [0.2, 0.25) is 5.90 Å². The maximum atomic E-state index is 13.7. The van der Waals surface area contributed by atoms with Gasteiger partial charge in [-0.2, -0.15) is 0 Å². The van der Waals surface area contributed by atoms with E-state index >= 15 is 0 Å². The first-order chi connectivity index (χ1) is 14.8. The quantitative estimate of drug-likeness (QED) is 0.224. The molecule has 31 heavy (non-hydrogen) atoms. The summed E-state index contributed by atoms with van der Waals surface area (Å²) < 4.78 is 17.5.